The lowest BCUT2D eigenvalue weighted by Gasteiger charge is -2.38. The summed E-state index contributed by atoms with van der Waals surface area (Å²) in [5.74, 6) is 0. The Kier molecular flexibility index (Phi) is 3.47. The molecule has 0 aromatic heterocycles. The quantitative estimate of drug-likeness (QED) is 0.908. The Balaban J connectivity index is 2.06. The van der Waals surface area contributed by atoms with Crippen molar-refractivity contribution in [3.05, 3.63) is 28.8 Å². The van der Waals surface area contributed by atoms with Crippen molar-refractivity contribution >= 4 is 17.3 Å². The average Bonchev–Trinajstić information content (AvgIpc) is 2.23. The monoisotopic (exact) mass is 279 g/mol. The Bertz CT molecular complexity index is 443. The van der Waals surface area contributed by atoms with Gasteiger partial charge in [0.1, 0.15) is 0 Å². The molecule has 1 fully saturated rings. The second-order valence-corrected chi connectivity index (χ2v) is 5.26. The van der Waals surface area contributed by atoms with E-state index in [0.29, 0.717) is 25.4 Å². The first-order chi connectivity index (χ1) is 8.30. The predicted octanol–water partition coefficient (Wildman–Crippen LogP) is 3.81. The standard InChI is InChI=1S/C12H13ClF3NO/c1-11(6-18-7-11)5-17-10-3-2-8(4-9(10)13)12(14,15)16/h2-4,17H,5-7H2,1H3. The van der Waals surface area contributed by atoms with Crippen molar-refractivity contribution in [2.75, 3.05) is 25.1 Å². The maximum atomic E-state index is 12.4. The summed E-state index contributed by atoms with van der Waals surface area (Å²) in [5.41, 5.74) is -0.194. The van der Waals surface area contributed by atoms with Crippen molar-refractivity contribution in [1.29, 1.82) is 0 Å². The van der Waals surface area contributed by atoms with E-state index in [-0.39, 0.29) is 10.4 Å². The van der Waals surface area contributed by atoms with Crippen LogP contribution < -0.4 is 5.32 Å². The van der Waals surface area contributed by atoms with Gasteiger partial charge in [0, 0.05) is 12.0 Å². The van der Waals surface area contributed by atoms with Crippen LogP contribution in [0.2, 0.25) is 5.02 Å². The molecule has 1 aliphatic rings. The van der Waals surface area contributed by atoms with E-state index in [1.807, 2.05) is 6.92 Å². The molecular weight excluding hydrogens is 267 g/mol. The zero-order valence-corrected chi connectivity index (χ0v) is 10.5. The lowest BCUT2D eigenvalue weighted by atomic mass is 9.88. The van der Waals surface area contributed by atoms with E-state index in [4.69, 9.17) is 16.3 Å². The number of hydrogen-bond donors (Lipinski definition) is 1. The molecule has 2 rings (SSSR count). The van der Waals surface area contributed by atoms with Gasteiger partial charge >= 0.3 is 6.18 Å². The highest BCUT2D eigenvalue weighted by atomic mass is 35.5. The van der Waals surface area contributed by atoms with Crippen molar-refractivity contribution in [2.24, 2.45) is 5.41 Å². The van der Waals surface area contributed by atoms with Crippen LogP contribution in [0.5, 0.6) is 0 Å². The van der Waals surface area contributed by atoms with Gasteiger partial charge in [-0.2, -0.15) is 13.2 Å². The minimum absolute atomic E-state index is 0.0338. The predicted molar refractivity (Wildman–Crippen MR) is 63.9 cm³/mol. The minimum Gasteiger partial charge on any atom is -0.383 e. The number of nitrogens with one attached hydrogen (secondary N) is 1. The number of hydrogen-bond acceptors (Lipinski definition) is 2. The highest BCUT2D eigenvalue weighted by molar-refractivity contribution is 6.33. The second kappa shape index (κ2) is 4.63. The van der Waals surface area contributed by atoms with Crippen LogP contribution >= 0.6 is 11.6 Å². The van der Waals surface area contributed by atoms with Gasteiger partial charge in [0.15, 0.2) is 0 Å². The van der Waals surface area contributed by atoms with Crippen LogP contribution in [0, 0.1) is 5.41 Å². The zero-order valence-electron chi connectivity index (χ0n) is 9.77. The number of rotatable bonds is 3. The molecule has 1 N–H and O–H groups in total. The van der Waals surface area contributed by atoms with Gasteiger partial charge in [0.05, 0.1) is 29.5 Å². The third kappa shape index (κ3) is 2.90. The molecule has 0 radical (unpaired) electrons. The summed E-state index contributed by atoms with van der Waals surface area (Å²) in [6.45, 7) is 3.97. The molecule has 0 saturated carbocycles. The molecule has 1 aromatic rings. The first-order valence-electron chi connectivity index (χ1n) is 5.49. The molecule has 0 aliphatic carbocycles. The van der Waals surface area contributed by atoms with E-state index < -0.39 is 11.7 Å². The lowest BCUT2D eigenvalue weighted by molar-refractivity contribution is -0.137. The summed E-state index contributed by atoms with van der Waals surface area (Å²) in [7, 11) is 0. The fourth-order valence-electron chi connectivity index (χ4n) is 1.70. The van der Waals surface area contributed by atoms with Crippen molar-refractivity contribution in [2.45, 2.75) is 13.1 Å². The third-order valence-electron chi connectivity index (χ3n) is 2.90. The summed E-state index contributed by atoms with van der Waals surface area (Å²) in [4.78, 5) is 0. The Morgan fingerprint density at radius 3 is 2.50 bits per heavy atom. The van der Waals surface area contributed by atoms with Gasteiger partial charge in [0.2, 0.25) is 0 Å². The third-order valence-corrected chi connectivity index (χ3v) is 3.22. The van der Waals surface area contributed by atoms with Crippen molar-refractivity contribution in [3.63, 3.8) is 0 Å². The Morgan fingerprint density at radius 1 is 1.39 bits per heavy atom. The fourth-order valence-corrected chi connectivity index (χ4v) is 1.94. The summed E-state index contributed by atoms with van der Waals surface area (Å²) in [5, 5.41) is 3.13. The first-order valence-corrected chi connectivity index (χ1v) is 5.86. The summed E-state index contributed by atoms with van der Waals surface area (Å²) in [6, 6.07) is 3.31. The van der Waals surface area contributed by atoms with E-state index in [1.165, 1.54) is 6.07 Å². The average molecular weight is 280 g/mol. The molecule has 1 aliphatic heterocycles. The lowest BCUT2D eigenvalue weighted by Crippen LogP contribution is -2.45. The van der Waals surface area contributed by atoms with Crippen LogP contribution in [-0.4, -0.2) is 19.8 Å². The topological polar surface area (TPSA) is 21.3 Å². The second-order valence-electron chi connectivity index (χ2n) is 4.85. The van der Waals surface area contributed by atoms with Crippen LogP contribution in [0.1, 0.15) is 12.5 Å². The van der Waals surface area contributed by atoms with Crippen LogP contribution in [-0.2, 0) is 10.9 Å². The molecule has 1 heterocycles. The zero-order chi connectivity index (χ0) is 13.4. The number of alkyl halides is 3. The van der Waals surface area contributed by atoms with E-state index in [9.17, 15) is 13.2 Å². The molecule has 2 nitrogen and oxygen atoms in total. The Hall–Kier alpha value is -0.940. The Labute approximate surface area is 108 Å². The molecule has 6 heteroatoms. The van der Waals surface area contributed by atoms with Crippen LogP contribution in [0.25, 0.3) is 0 Å². The number of ether oxygens (including phenoxy) is 1. The van der Waals surface area contributed by atoms with Crippen LogP contribution in [0.4, 0.5) is 18.9 Å². The highest BCUT2D eigenvalue weighted by Gasteiger charge is 2.34. The van der Waals surface area contributed by atoms with Gasteiger partial charge in [-0.25, -0.2) is 0 Å². The molecule has 1 aromatic carbocycles. The van der Waals surface area contributed by atoms with E-state index in [0.717, 1.165) is 12.1 Å². The maximum Gasteiger partial charge on any atom is 0.416 e. The molecule has 0 amide bonds. The fraction of sp³-hybridized carbons (Fsp3) is 0.500. The largest absolute Gasteiger partial charge is 0.416 e. The van der Waals surface area contributed by atoms with Gasteiger partial charge in [-0.1, -0.05) is 18.5 Å². The summed E-state index contributed by atoms with van der Waals surface area (Å²) >= 11 is 5.83. The van der Waals surface area contributed by atoms with Crippen LogP contribution in [0.15, 0.2) is 18.2 Å². The molecule has 0 spiro atoms. The van der Waals surface area contributed by atoms with Crippen molar-refractivity contribution < 1.29 is 17.9 Å². The number of benzene rings is 1. The first kappa shape index (κ1) is 13.5. The number of anilines is 1. The highest BCUT2D eigenvalue weighted by Crippen LogP contribution is 2.34. The van der Waals surface area contributed by atoms with Gasteiger partial charge < -0.3 is 10.1 Å². The summed E-state index contributed by atoms with van der Waals surface area (Å²) in [6.07, 6.45) is -4.37. The maximum absolute atomic E-state index is 12.4. The van der Waals surface area contributed by atoms with Gasteiger partial charge in [-0.15, -0.1) is 0 Å². The molecule has 0 unspecified atom stereocenters. The number of halogens is 4. The molecular formula is C12H13ClF3NO. The normalized spacial score (nSPS) is 18.3. The van der Waals surface area contributed by atoms with Gasteiger partial charge in [-0.3, -0.25) is 0 Å². The van der Waals surface area contributed by atoms with E-state index >= 15 is 0 Å². The smallest absolute Gasteiger partial charge is 0.383 e. The SMILES string of the molecule is CC1(CNc2ccc(C(F)(F)F)cc2Cl)COC1. The molecule has 1 saturated heterocycles. The van der Waals surface area contributed by atoms with E-state index in [2.05, 4.69) is 5.32 Å². The minimum atomic E-state index is -4.37. The van der Waals surface area contributed by atoms with Crippen molar-refractivity contribution in [1.82, 2.24) is 0 Å². The van der Waals surface area contributed by atoms with Gasteiger partial charge in [-0.05, 0) is 18.2 Å². The van der Waals surface area contributed by atoms with Crippen molar-refractivity contribution in [3.8, 4) is 0 Å². The molecule has 0 bridgehead atoms. The molecule has 0 atom stereocenters. The molecule has 100 valence electrons. The Morgan fingerprint density at radius 2 is 2.06 bits per heavy atom. The van der Waals surface area contributed by atoms with Gasteiger partial charge in [0.25, 0.3) is 0 Å². The van der Waals surface area contributed by atoms with E-state index in [1.54, 1.807) is 0 Å². The summed E-state index contributed by atoms with van der Waals surface area (Å²) < 4.78 is 42.4. The van der Waals surface area contributed by atoms with Crippen LogP contribution in [0.3, 0.4) is 0 Å². The molecule has 18 heavy (non-hydrogen) atoms.